The molecule has 0 saturated carbocycles. The van der Waals surface area contributed by atoms with Crippen LogP contribution < -0.4 is 0 Å². The average Bonchev–Trinajstić information content (AvgIpc) is 2.25. The minimum Gasteiger partial charge on any atom is -0.263 e. The largest absolute Gasteiger partial charge is 0.418 e. The molecule has 0 N–H and O–H groups in total. The monoisotopic (exact) mass is 227 g/mol. The fraction of sp³-hybridized carbons (Fsp3) is 0.250. The second-order valence-corrected chi connectivity index (χ2v) is 3.31. The van der Waals surface area contributed by atoms with Gasteiger partial charge in [0.2, 0.25) is 0 Å². The normalized spacial score (nSPS) is 11.2. The molecule has 0 aliphatic carbocycles. The minimum atomic E-state index is -4.42. The minimum absolute atomic E-state index is 0.137. The number of allylic oxidation sites excluding steroid dienone is 1. The Balaban J connectivity index is 3.44. The molecule has 0 unspecified atom stereocenters. The van der Waals surface area contributed by atoms with Gasteiger partial charge in [0.25, 0.3) is 0 Å². The first kappa shape index (κ1) is 12.5. The molecular weight excluding hydrogens is 215 g/mol. The molecule has 0 aliphatic rings. The highest BCUT2D eigenvalue weighted by atomic mass is 19.4. The van der Waals surface area contributed by atoms with Crippen molar-refractivity contribution in [2.24, 2.45) is 4.99 Å². The van der Waals surface area contributed by atoms with Gasteiger partial charge < -0.3 is 0 Å². The molecule has 0 aliphatic heterocycles. The van der Waals surface area contributed by atoms with Crippen molar-refractivity contribution < 1.29 is 13.2 Å². The summed E-state index contributed by atoms with van der Waals surface area (Å²) in [5, 5.41) is 0. The van der Waals surface area contributed by atoms with Crippen LogP contribution in [-0.4, -0.2) is 6.72 Å². The summed E-state index contributed by atoms with van der Waals surface area (Å²) in [6, 6.07) is 3.93. The van der Waals surface area contributed by atoms with Crippen LogP contribution in [-0.2, 0) is 6.18 Å². The lowest BCUT2D eigenvalue weighted by Crippen LogP contribution is -2.06. The number of hydrogen-bond donors (Lipinski definition) is 0. The molecule has 0 bridgehead atoms. The van der Waals surface area contributed by atoms with Crippen molar-refractivity contribution in [1.82, 2.24) is 0 Å². The maximum Gasteiger partial charge on any atom is 0.418 e. The van der Waals surface area contributed by atoms with E-state index in [9.17, 15) is 13.2 Å². The molecule has 0 spiro atoms. The van der Waals surface area contributed by atoms with Crippen molar-refractivity contribution in [3.8, 4) is 0 Å². The fourth-order valence-corrected chi connectivity index (χ4v) is 1.42. The number of benzene rings is 1. The zero-order chi connectivity index (χ0) is 12.3. The van der Waals surface area contributed by atoms with E-state index in [1.54, 1.807) is 6.07 Å². The molecule has 1 aromatic rings. The highest BCUT2D eigenvalue weighted by Crippen LogP contribution is 2.40. The van der Waals surface area contributed by atoms with E-state index in [4.69, 9.17) is 0 Å². The summed E-state index contributed by atoms with van der Waals surface area (Å²) < 4.78 is 38.0. The van der Waals surface area contributed by atoms with Gasteiger partial charge in [0.05, 0.1) is 11.3 Å². The van der Waals surface area contributed by atoms with Crippen LogP contribution in [0.2, 0.25) is 0 Å². The highest BCUT2D eigenvalue weighted by Gasteiger charge is 2.34. The van der Waals surface area contributed by atoms with Gasteiger partial charge in [-0.15, -0.1) is 0 Å². The Morgan fingerprint density at radius 1 is 1.38 bits per heavy atom. The van der Waals surface area contributed by atoms with Gasteiger partial charge in [-0.3, -0.25) is 4.99 Å². The van der Waals surface area contributed by atoms with E-state index in [0.717, 1.165) is 6.07 Å². The van der Waals surface area contributed by atoms with Crippen LogP contribution in [0.15, 0.2) is 29.8 Å². The Morgan fingerprint density at radius 2 is 2.00 bits per heavy atom. The van der Waals surface area contributed by atoms with Crippen molar-refractivity contribution in [2.75, 3.05) is 0 Å². The van der Waals surface area contributed by atoms with Gasteiger partial charge in [-0.25, -0.2) is 0 Å². The van der Waals surface area contributed by atoms with Crippen molar-refractivity contribution in [3.63, 3.8) is 0 Å². The van der Waals surface area contributed by atoms with Crippen LogP contribution in [0, 0.1) is 0 Å². The summed E-state index contributed by atoms with van der Waals surface area (Å²) in [5.41, 5.74) is 0.122. The highest BCUT2D eigenvalue weighted by molar-refractivity contribution is 5.76. The SMILES string of the molecule is C=Nc1c(C(=C)CC)cccc1C(F)(F)F. The Morgan fingerprint density at radius 3 is 2.44 bits per heavy atom. The second-order valence-electron chi connectivity index (χ2n) is 3.31. The molecule has 0 saturated heterocycles. The number of para-hydroxylation sites is 1. The van der Waals surface area contributed by atoms with E-state index in [1.165, 1.54) is 6.07 Å². The molecule has 4 heteroatoms. The topological polar surface area (TPSA) is 12.4 Å². The third-order valence-corrected chi connectivity index (χ3v) is 2.31. The van der Waals surface area contributed by atoms with E-state index in [-0.39, 0.29) is 5.69 Å². The Kier molecular flexibility index (Phi) is 3.52. The lowest BCUT2D eigenvalue weighted by molar-refractivity contribution is -0.137. The number of hydrogen-bond acceptors (Lipinski definition) is 1. The lowest BCUT2D eigenvalue weighted by Gasteiger charge is -2.14. The summed E-state index contributed by atoms with van der Waals surface area (Å²) in [5.74, 6) is 0. The van der Waals surface area contributed by atoms with E-state index in [0.29, 0.717) is 17.6 Å². The van der Waals surface area contributed by atoms with Crippen molar-refractivity contribution in [1.29, 1.82) is 0 Å². The van der Waals surface area contributed by atoms with Gasteiger partial charge in [-0.1, -0.05) is 25.6 Å². The van der Waals surface area contributed by atoms with Crippen molar-refractivity contribution >= 4 is 18.0 Å². The summed E-state index contributed by atoms with van der Waals surface area (Å²) >= 11 is 0. The molecule has 86 valence electrons. The van der Waals surface area contributed by atoms with Gasteiger partial charge in [0.1, 0.15) is 0 Å². The Labute approximate surface area is 92.3 Å². The molecule has 0 radical (unpaired) electrons. The number of nitrogens with zero attached hydrogens (tertiary/aromatic N) is 1. The van der Waals surface area contributed by atoms with Crippen molar-refractivity contribution in [3.05, 3.63) is 35.9 Å². The standard InChI is InChI=1S/C12H12F3N/c1-4-8(2)9-6-5-7-10(11(9)16-3)12(13,14)15/h5-7H,2-4H2,1H3. The van der Waals surface area contributed by atoms with E-state index in [2.05, 4.69) is 18.3 Å². The zero-order valence-electron chi connectivity index (χ0n) is 8.93. The quantitative estimate of drug-likeness (QED) is 0.676. The molecule has 0 amide bonds. The fourth-order valence-electron chi connectivity index (χ4n) is 1.42. The first-order valence-electron chi connectivity index (χ1n) is 4.77. The molecule has 1 rings (SSSR count). The maximum absolute atomic E-state index is 12.7. The molecule has 0 atom stereocenters. The molecular formula is C12H12F3N. The van der Waals surface area contributed by atoms with Crippen LogP contribution in [0.3, 0.4) is 0 Å². The second kappa shape index (κ2) is 4.51. The third kappa shape index (κ3) is 2.32. The summed E-state index contributed by atoms with van der Waals surface area (Å²) in [4.78, 5) is 3.48. The van der Waals surface area contributed by atoms with Crippen LogP contribution in [0.5, 0.6) is 0 Å². The zero-order valence-corrected chi connectivity index (χ0v) is 8.93. The smallest absolute Gasteiger partial charge is 0.263 e. The Bertz CT molecular complexity index is 419. The summed E-state index contributed by atoms with van der Waals surface area (Å²) in [7, 11) is 0. The first-order valence-corrected chi connectivity index (χ1v) is 4.77. The van der Waals surface area contributed by atoms with Gasteiger partial charge in [-0.05, 0) is 24.8 Å². The third-order valence-electron chi connectivity index (χ3n) is 2.31. The predicted molar refractivity (Wildman–Crippen MR) is 60.0 cm³/mol. The summed E-state index contributed by atoms with van der Waals surface area (Å²) in [6.07, 6.45) is -3.84. The van der Waals surface area contributed by atoms with E-state index in [1.807, 2.05) is 6.92 Å². The maximum atomic E-state index is 12.7. The Hall–Kier alpha value is -1.58. The molecule has 16 heavy (non-hydrogen) atoms. The molecule has 0 aromatic heterocycles. The van der Waals surface area contributed by atoms with Gasteiger partial charge >= 0.3 is 6.18 Å². The van der Waals surface area contributed by atoms with Crippen LogP contribution in [0.4, 0.5) is 18.9 Å². The van der Waals surface area contributed by atoms with Crippen LogP contribution in [0.25, 0.3) is 5.57 Å². The average molecular weight is 227 g/mol. The van der Waals surface area contributed by atoms with Gasteiger partial charge in [0, 0.05) is 5.56 Å². The summed E-state index contributed by atoms with van der Waals surface area (Å²) in [6.45, 7) is 8.74. The number of aliphatic imine (C=N–C) groups is 1. The molecule has 1 aromatic carbocycles. The van der Waals surface area contributed by atoms with Gasteiger partial charge in [0.15, 0.2) is 0 Å². The van der Waals surface area contributed by atoms with Gasteiger partial charge in [-0.2, -0.15) is 13.2 Å². The number of alkyl halides is 3. The van der Waals surface area contributed by atoms with Crippen molar-refractivity contribution in [2.45, 2.75) is 19.5 Å². The van der Waals surface area contributed by atoms with E-state index >= 15 is 0 Å². The lowest BCUT2D eigenvalue weighted by atomic mass is 9.99. The first-order chi connectivity index (χ1) is 7.41. The number of rotatable bonds is 3. The predicted octanol–water partition coefficient (Wildman–Crippen LogP) is 4.46. The molecule has 0 fully saturated rings. The van der Waals surface area contributed by atoms with Crippen LogP contribution >= 0.6 is 0 Å². The molecule has 1 nitrogen and oxygen atoms in total. The van der Waals surface area contributed by atoms with E-state index < -0.39 is 11.7 Å². The molecule has 0 heterocycles. The van der Waals surface area contributed by atoms with Crippen LogP contribution in [0.1, 0.15) is 24.5 Å². The number of halogens is 3.